The molecule has 2 aliphatic carbocycles. The molecule has 4 heteroatoms. The fourth-order valence-electron chi connectivity index (χ4n) is 5.40. The Kier molecular flexibility index (Phi) is 6.19. The van der Waals surface area contributed by atoms with Crippen molar-refractivity contribution >= 4 is 0 Å². The van der Waals surface area contributed by atoms with E-state index in [-0.39, 0.29) is 11.5 Å². The summed E-state index contributed by atoms with van der Waals surface area (Å²) in [6.45, 7) is 2.84. The first-order chi connectivity index (χ1) is 14.1. The molecule has 2 aromatic rings. The Bertz CT molecular complexity index is 810. The molecule has 4 rings (SSSR count). The summed E-state index contributed by atoms with van der Waals surface area (Å²) in [5.74, 6) is 1.30. The second kappa shape index (κ2) is 8.83. The smallest absolute Gasteiger partial charge is 0.134 e. The molecular formula is C25H30F2O2. The lowest BCUT2D eigenvalue weighted by Crippen LogP contribution is -2.33. The monoisotopic (exact) mass is 400 g/mol. The van der Waals surface area contributed by atoms with E-state index in [4.69, 9.17) is 9.47 Å². The average Bonchev–Trinajstić information content (AvgIpc) is 2.73. The van der Waals surface area contributed by atoms with Crippen LogP contribution in [0.25, 0.3) is 11.1 Å². The van der Waals surface area contributed by atoms with Crippen molar-refractivity contribution in [3.05, 3.63) is 53.6 Å². The van der Waals surface area contributed by atoms with Crippen LogP contribution in [0.4, 0.5) is 8.78 Å². The lowest BCUT2D eigenvalue weighted by Gasteiger charge is -2.42. The molecule has 0 aromatic heterocycles. The predicted octanol–water partition coefficient (Wildman–Crippen LogP) is 6.73. The van der Waals surface area contributed by atoms with E-state index < -0.39 is 11.6 Å². The highest BCUT2D eigenvalue weighted by atomic mass is 19.1. The Hall–Kier alpha value is -1.94. The zero-order chi connectivity index (χ0) is 20.4. The van der Waals surface area contributed by atoms with Crippen molar-refractivity contribution in [1.82, 2.24) is 0 Å². The lowest BCUT2D eigenvalue weighted by molar-refractivity contribution is -0.00957. The maximum Gasteiger partial charge on any atom is 0.134 e. The number of halogens is 2. The van der Waals surface area contributed by atoms with Gasteiger partial charge in [0.15, 0.2) is 0 Å². The normalized spacial score (nSPS) is 26.8. The summed E-state index contributed by atoms with van der Waals surface area (Å²) >= 11 is 0. The molecule has 2 saturated carbocycles. The number of benzene rings is 2. The van der Waals surface area contributed by atoms with E-state index in [1.807, 2.05) is 0 Å². The SMILES string of the molecule is CCOC1CCC2CC(c3cc(F)c(-c4ccc(OC)cc4)c(F)c3)CCC2C1. The van der Waals surface area contributed by atoms with E-state index in [2.05, 4.69) is 6.92 Å². The molecule has 29 heavy (non-hydrogen) atoms. The zero-order valence-electron chi connectivity index (χ0n) is 17.3. The molecule has 4 unspecified atom stereocenters. The summed E-state index contributed by atoms with van der Waals surface area (Å²) in [6, 6.07) is 9.95. The quantitative estimate of drug-likeness (QED) is 0.554. The highest BCUT2D eigenvalue weighted by Gasteiger charge is 2.36. The Morgan fingerprint density at radius 3 is 2.21 bits per heavy atom. The minimum absolute atomic E-state index is 0.0438. The summed E-state index contributed by atoms with van der Waals surface area (Å²) < 4.78 is 40.8. The fourth-order valence-corrected chi connectivity index (χ4v) is 5.40. The van der Waals surface area contributed by atoms with Gasteiger partial charge in [0.05, 0.1) is 18.8 Å². The summed E-state index contributed by atoms with van der Waals surface area (Å²) in [5, 5.41) is 0. The molecule has 0 aliphatic heterocycles. The molecule has 0 saturated heterocycles. The third kappa shape index (κ3) is 4.32. The highest BCUT2D eigenvalue weighted by Crippen LogP contribution is 2.47. The van der Waals surface area contributed by atoms with Crippen LogP contribution < -0.4 is 4.74 Å². The molecule has 2 aromatic carbocycles. The van der Waals surface area contributed by atoms with E-state index in [1.54, 1.807) is 43.5 Å². The van der Waals surface area contributed by atoms with Gasteiger partial charge < -0.3 is 9.47 Å². The highest BCUT2D eigenvalue weighted by molar-refractivity contribution is 5.66. The van der Waals surface area contributed by atoms with E-state index in [0.717, 1.165) is 44.3 Å². The van der Waals surface area contributed by atoms with Gasteiger partial charge in [-0.3, -0.25) is 0 Å². The van der Waals surface area contributed by atoms with Gasteiger partial charge in [-0.2, -0.15) is 0 Å². The molecule has 4 atom stereocenters. The lowest BCUT2D eigenvalue weighted by atomic mass is 9.65. The molecule has 0 N–H and O–H groups in total. The van der Waals surface area contributed by atoms with Crippen molar-refractivity contribution in [1.29, 1.82) is 0 Å². The standard InChI is InChI=1S/C25H30F2O2/c1-3-29-22-11-8-17-12-18(4-5-19(17)13-22)20-14-23(26)25(24(27)15-20)16-6-9-21(28-2)10-7-16/h6-7,9-10,14-15,17-19,22H,3-5,8,11-13H2,1-2H3. The second-order valence-electron chi connectivity index (χ2n) is 8.51. The number of rotatable bonds is 5. The van der Waals surface area contributed by atoms with E-state index in [9.17, 15) is 8.78 Å². The Balaban J connectivity index is 1.50. The predicted molar refractivity (Wildman–Crippen MR) is 111 cm³/mol. The van der Waals surface area contributed by atoms with Crippen molar-refractivity contribution < 1.29 is 18.3 Å². The van der Waals surface area contributed by atoms with Crippen molar-refractivity contribution in [3.63, 3.8) is 0 Å². The maximum absolute atomic E-state index is 14.9. The first kappa shape index (κ1) is 20.3. The molecule has 0 heterocycles. The van der Waals surface area contributed by atoms with Crippen LogP contribution >= 0.6 is 0 Å². The molecular weight excluding hydrogens is 370 g/mol. The van der Waals surface area contributed by atoms with Crippen LogP contribution in [0.3, 0.4) is 0 Å². The first-order valence-electron chi connectivity index (χ1n) is 10.8. The number of fused-ring (bicyclic) bond motifs is 1. The number of ether oxygens (including phenoxy) is 2. The third-order valence-corrected chi connectivity index (χ3v) is 6.88. The van der Waals surface area contributed by atoms with E-state index in [0.29, 0.717) is 29.3 Å². The van der Waals surface area contributed by atoms with Crippen LogP contribution in [-0.4, -0.2) is 19.8 Å². The van der Waals surface area contributed by atoms with E-state index >= 15 is 0 Å². The van der Waals surface area contributed by atoms with Crippen molar-refractivity contribution in [2.45, 2.75) is 57.5 Å². The van der Waals surface area contributed by atoms with Crippen LogP contribution in [0.5, 0.6) is 5.75 Å². The van der Waals surface area contributed by atoms with Gasteiger partial charge in [-0.15, -0.1) is 0 Å². The van der Waals surface area contributed by atoms with Gasteiger partial charge in [0, 0.05) is 6.61 Å². The van der Waals surface area contributed by atoms with Crippen LogP contribution in [0.1, 0.15) is 56.9 Å². The minimum atomic E-state index is -0.479. The fraction of sp³-hybridized carbons (Fsp3) is 0.520. The molecule has 0 amide bonds. The number of hydrogen-bond acceptors (Lipinski definition) is 2. The van der Waals surface area contributed by atoms with Crippen LogP contribution in [0.2, 0.25) is 0 Å². The van der Waals surface area contributed by atoms with Gasteiger partial charge in [0.25, 0.3) is 0 Å². The van der Waals surface area contributed by atoms with E-state index in [1.165, 1.54) is 6.42 Å². The topological polar surface area (TPSA) is 18.5 Å². The van der Waals surface area contributed by atoms with Gasteiger partial charge in [-0.1, -0.05) is 12.1 Å². The van der Waals surface area contributed by atoms with Crippen LogP contribution in [0.15, 0.2) is 36.4 Å². The van der Waals surface area contributed by atoms with Crippen molar-refractivity contribution in [2.24, 2.45) is 11.8 Å². The Morgan fingerprint density at radius 2 is 1.55 bits per heavy atom. The number of methoxy groups -OCH3 is 1. The molecule has 0 bridgehead atoms. The largest absolute Gasteiger partial charge is 0.497 e. The van der Waals surface area contributed by atoms with Crippen LogP contribution in [-0.2, 0) is 4.74 Å². The van der Waals surface area contributed by atoms with Gasteiger partial charge in [-0.05, 0) is 98.6 Å². The third-order valence-electron chi connectivity index (χ3n) is 6.88. The molecule has 2 fully saturated rings. The summed E-state index contributed by atoms with van der Waals surface area (Å²) in [7, 11) is 1.57. The minimum Gasteiger partial charge on any atom is -0.497 e. The zero-order valence-corrected chi connectivity index (χ0v) is 17.3. The molecule has 0 radical (unpaired) electrons. The first-order valence-corrected chi connectivity index (χ1v) is 10.8. The molecule has 2 aliphatic rings. The van der Waals surface area contributed by atoms with Crippen molar-refractivity contribution in [3.8, 4) is 16.9 Å². The van der Waals surface area contributed by atoms with Gasteiger partial charge in [-0.25, -0.2) is 8.78 Å². The summed E-state index contributed by atoms with van der Waals surface area (Å²) in [5.41, 5.74) is 1.38. The van der Waals surface area contributed by atoms with Gasteiger partial charge in [0.2, 0.25) is 0 Å². The summed E-state index contributed by atoms with van der Waals surface area (Å²) in [6.07, 6.45) is 6.98. The maximum atomic E-state index is 14.9. The molecule has 2 nitrogen and oxygen atoms in total. The summed E-state index contributed by atoms with van der Waals surface area (Å²) in [4.78, 5) is 0. The molecule has 0 spiro atoms. The Labute approximate surface area is 172 Å². The van der Waals surface area contributed by atoms with Crippen molar-refractivity contribution in [2.75, 3.05) is 13.7 Å². The number of hydrogen-bond donors (Lipinski definition) is 0. The average molecular weight is 401 g/mol. The molecule has 156 valence electrons. The Morgan fingerprint density at radius 1 is 0.897 bits per heavy atom. The van der Waals surface area contributed by atoms with Gasteiger partial charge in [0.1, 0.15) is 17.4 Å². The van der Waals surface area contributed by atoms with Gasteiger partial charge >= 0.3 is 0 Å². The van der Waals surface area contributed by atoms with Crippen LogP contribution in [0, 0.1) is 23.5 Å². The second-order valence-corrected chi connectivity index (χ2v) is 8.51.